The highest BCUT2D eigenvalue weighted by Crippen LogP contribution is 2.29. The van der Waals surface area contributed by atoms with Crippen molar-refractivity contribution in [3.8, 4) is 0 Å². The van der Waals surface area contributed by atoms with Crippen LogP contribution in [-0.4, -0.2) is 44.4 Å². The summed E-state index contributed by atoms with van der Waals surface area (Å²) < 4.78 is 10.9. The highest BCUT2D eigenvalue weighted by atomic mass is 79.9. The predicted octanol–water partition coefficient (Wildman–Crippen LogP) is 2.16. The van der Waals surface area contributed by atoms with Crippen LogP contribution in [0, 0.1) is 6.92 Å². The molecule has 0 amide bonds. The topological polar surface area (TPSA) is 51.7 Å². The second-order valence-electron chi connectivity index (χ2n) is 4.51. The summed E-state index contributed by atoms with van der Waals surface area (Å²) in [6.45, 7) is 3.53. The Morgan fingerprint density at radius 1 is 1.53 bits per heavy atom. The Balaban J connectivity index is 2.28. The SMILES string of the molecule is COC(=O)c1cc(Br)c(N2CC[C@H](OC)C2)nc1C. The van der Waals surface area contributed by atoms with Gasteiger partial charge in [0.05, 0.1) is 28.9 Å². The van der Waals surface area contributed by atoms with Crippen molar-refractivity contribution < 1.29 is 14.3 Å². The van der Waals surface area contributed by atoms with Crippen LogP contribution in [0.3, 0.4) is 0 Å². The van der Waals surface area contributed by atoms with Crippen LogP contribution in [0.4, 0.5) is 5.82 Å². The van der Waals surface area contributed by atoms with Gasteiger partial charge in [-0.25, -0.2) is 9.78 Å². The number of ether oxygens (including phenoxy) is 2. The number of aromatic nitrogens is 1. The minimum Gasteiger partial charge on any atom is -0.465 e. The number of carbonyl (C=O) groups is 1. The number of carbonyl (C=O) groups excluding carboxylic acids is 1. The molecule has 1 fully saturated rings. The molecular formula is C13H17BrN2O3. The van der Waals surface area contributed by atoms with Gasteiger partial charge in [-0.1, -0.05) is 0 Å². The van der Waals surface area contributed by atoms with E-state index in [9.17, 15) is 4.79 Å². The number of anilines is 1. The molecule has 6 heteroatoms. The third-order valence-corrected chi connectivity index (χ3v) is 3.91. The Kier molecular flexibility index (Phi) is 4.42. The quantitative estimate of drug-likeness (QED) is 0.796. The van der Waals surface area contributed by atoms with Gasteiger partial charge in [0.15, 0.2) is 0 Å². The highest BCUT2D eigenvalue weighted by Gasteiger charge is 2.26. The summed E-state index contributed by atoms with van der Waals surface area (Å²) in [4.78, 5) is 18.3. The second kappa shape index (κ2) is 5.88. The third kappa shape index (κ3) is 2.90. The largest absolute Gasteiger partial charge is 0.465 e. The zero-order valence-electron chi connectivity index (χ0n) is 11.3. The fraction of sp³-hybridized carbons (Fsp3) is 0.538. The molecule has 104 valence electrons. The van der Waals surface area contributed by atoms with Crippen molar-refractivity contribution in [1.82, 2.24) is 4.98 Å². The van der Waals surface area contributed by atoms with Gasteiger partial charge in [-0.05, 0) is 35.3 Å². The maximum absolute atomic E-state index is 11.6. The number of pyridine rings is 1. The normalized spacial score (nSPS) is 18.7. The molecule has 2 heterocycles. The first-order chi connectivity index (χ1) is 9.06. The lowest BCUT2D eigenvalue weighted by molar-refractivity contribution is 0.0599. The fourth-order valence-electron chi connectivity index (χ4n) is 2.22. The average molecular weight is 329 g/mol. The van der Waals surface area contributed by atoms with Gasteiger partial charge in [0.2, 0.25) is 0 Å². The summed E-state index contributed by atoms with van der Waals surface area (Å²) in [5.41, 5.74) is 1.16. The van der Waals surface area contributed by atoms with Gasteiger partial charge in [0.25, 0.3) is 0 Å². The molecular weight excluding hydrogens is 312 g/mol. The molecule has 0 aliphatic carbocycles. The molecule has 0 spiro atoms. The van der Waals surface area contributed by atoms with Crippen molar-refractivity contribution in [1.29, 1.82) is 0 Å². The van der Waals surface area contributed by atoms with E-state index in [-0.39, 0.29) is 12.1 Å². The lowest BCUT2D eigenvalue weighted by atomic mass is 10.2. The van der Waals surface area contributed by atoms with E-state index in [1.807, 2.05) is 6.92 Å². The van der Waals surface area contributed by atoms with E-state index in [4.69, 9.17) is 9.47 Å². The Hall–Kier alpha value is -1.14. The van der Waals surface area contributed by atoms with Crippen LogP contribution in [0.2, 0.25) is 0 Å². The summed E-state index contributed by atoms with van der Waals surface area (Å²) in [7, 11) is 3.09. The standard InChI is InChI=1S/C13H17BrN2O3/c1-8-10(13(17)19-3)6-11(14)12(15-8)16-5-4-9(7-16)18-2/h6,9H,4-5,7H2,1-3H3/t9-/m0/s1. The first-order valence-corrected chi connectivity index (χ1v) is 6.89. The molecule has 0 unspecified atom stereocenters. The molecule has 0 radical (unpaired) electrons. The van der Waals surface area contributed by atoms with Crippen molar-refractivity contribution in [2.45, 2.75) is 19.4 Å². The van der Waals surface area contributed by atoms with Crippen molar-refractivity contribution in [2.75, 3.05) is 32.2 Å². The third-order valence-electron chi connectivity index (χ3n) is 3.33. The molecule has 0 aromatic carbocycles. The van der Waals surface area contributed by atoms with E-state index in [2.05, 4.69) is 25.8 Å². The number of halogens is 1. The van der Waals surface area contributed by atoms with E-state index in [0.29, 0.717) is 11.3 Å². The minimum atomic E-state index is -0.367. The van der Waals surface area contributed by atoms with E-state index < -0.39 is 0 Å². The molecule has 5 nitrogen and oxygen atoms in total. The summed E-state index contributed by atoms with van der Waals surface area (Å²) in [5.74, 6) is 0.484. The Morgan fingerprint density at radius 3 is 2.84 bits per heavy atom. The van der Waals surface area contributed by atoms with Gasteiger partial charge in [-0.15, -0.1) is 0 Å². The maximum atomic E-state index is 11.6. The molecule has 1 aromatic heterocycles. The molecule has 1 saturated heterocycles. The number of esters is 1. The summed E-state index contributed by atoms with van der Waals surface area (Å²) >= 11 is 3.48. The molecule has 1 aliphatic rings. The Labute approximate surface area is 121 Å². The predicted molar refractivity (Wildman–Crippen MR) is 75.6 cm³/mol. The van der Waals surface area contributed by atoms with Gasteiger partial charge in [0, 0.05) is 20.2 Å². The van der Waals surface area contributed by atoms with Crippen molar-refractivity contribution in [3.05, 3.63) is 21.8 Å². The van der Waals surface area contributed by atoms with Gasteiger partial charge in [0.1, 0.15) is 5.82 Å². The van der Waals surface area contributed by atoms with Crippen LogP contribution in [0.5, 0.6) is 0 Å². The molecule has 1 aromatic rings. The van der Waals surface area contributed by atoms with E-state index >= 15 is 0 Å². The first-order valence-electron chi connectivity index (χ1n) is 6.10. The molecule has 0 saturated carbocycles. The van der Waals surface area contributed by atoms with Gasteiger partial charge in [-0.2, -0.15) is 0 Å². The molecule has 0 N–H and O–H groups in total. The molecule has 1 aliphatic heterocycles. The number of rotatable bonds is 3. The number of hydrogen-bond donors (Lipinski definition) is 0. The first kappa shape index (κ1) is 14.3. The zero-order chi connectivity index (χ0) is 14.0. The summed E-state index contributed by atoms with van der Waals surface area (Å²) in [5, 5.41) is 0. The Morgan fingerprint density at radius 2 is 2.26 bits per heavy atom. The van der Waals surface area contributed by atoms with Crippen LogP contribution in [-0.2, 0) is 9.47 Å². The van der Waals surface area contributed by atoms with Crippen LogP contribution in [0.25, 0.3) is 0 Å². The van der Waals surface area contributed by atoms with Crippen LogP contribution in [0.1, 0.15) is 22.5 Å². The lowest BCUT2D eigenvalue weighted by Crippen LogP contribution is -2.24. The van der Waals surface area contributed by atoms with E-state index in [0.717, 1.165) is 29.8 Å². The molecule has 1 atom stereocenters. The highest BCUT2D eigenvalue weighted by molar-refractivity contribution is 9.10. The van der Waals surface area contributed by atoms with Crippen molar-refractivity contribution in [3.63, 3.8) is 0 Å². The molecule has 2 rings (SSSR count). The monoisotopic (exact) mass is 328 g/mol. The van der Waals surface area contributed by atoms with E-state index in [1.165, 1.54) is 7.11 Å². The Bertz CT molecular complexity index is 493. The van der Waals surface area contributed by atoms with Crippen molar-refractivity contribution >= 4 is 27.7 Å². The van der Waals surface area contributed by atoms with Crippen LogP contribution in [0.15, 0.2) is 10.5 Å². The molecule has 0 bridgehead atoms. The summed E-state index contributed by atoms with van der Waals surface area (Å²) in [6, 6.07) is 1.77. The summed E-state index contributed by atoms with van der Waals surface area (Å²) in [6.07, 6.45) is 1.23. The van der Waals surface area contributed by atoms with Gasteiger partial charge in [-0.3, -0.25) is 0 Å². The fourth-order valence-corrected chi connectivity index (χ4v) is 2.79. The zero-order valence-corrected chi connectivity index (χ0v) is 12.9. The lowest BCUT2D eigenvalue weighted by Gasteiger charge is -2.20. The van der Waals surface area contributed by atoms with Gasteiger partial charge < -0.3 is 14.4 Å². The number of hydrogen-bond acceptors (Lipinski definition) is 5. The number of methoxy groups -OCH3 is 2. The van der Waals surface area contributed by atoms with Crippen LogP contribution >= 0.6 is 15.9 Å². The smallest absolute Gasteiger partial charge is 0.339 e. The minimum absolute atomic E-state index is 0.245. The van der Waals surface area contributed by atoms with E-state index in [1.54, 1.807) is 13.2 Å². The number of aryl methyl sites for hydroxylation is 1. The average Bonchev–Trinajstić information content (AvgIpc) is 2.88. The van der Waals surface area contributed by atoms with Gasteiger partial charge >= 0.3 is 5.97 Å². The second-order valence-corrected chi connectivity index (χ2v) is 5.37. The van der Waals surface area contributed by atoms with Crippen molar-refractivity contribution in [2.24, 2.45) is 0 Å². The number of nitrogens with zero attached hydrogens (tertiary/aromatic N) is 2. The molecule has 19 heavy (non-hydrogen) atoms. The maximum Gasteiger partial charge on any atom is 0.339 e. The van der Waals surface area contributed by atoms with Crippen LogP contribution < -0.4 is 4.90 Å².